The maximum atomic E-state index is 12.9. The van der Waals surface area contributed by atoms with Crippen LogP contribution in [0.25, 0.3) is 15.2 Å². The highest BCUT2D eigenvalue weighted by molar-refractivity contribution is 7.20. The third-order valence-electron chi connectivity index (χ3n) is 4.65. The molecule has 116 valence electrons. The van der Waals surface area contributed by atoms with Crippen molar-refractivity contribution in [3.63, 3.8) is 0 Å². The summed E-state index contributed by atoms with van der Waals surface area (Å²) in [7, 11) is 0. The van der Waals surface area contributed by atoms with E-state index in [1.807, 2.05) is 4.57 Å². The molecule has 2 aliphatic rings. The largest absolute Gasteiger partial charge is 0.392 e. The minimum atomic E-state index is -0.0184. The van der Waals surface area contributed by atoms with E-state index in [4.69, 9.17) is 16.6 Å². The molecule has 4 nitrogen and oxygen atoms in total. The topological polar surface area (TPSA) is 55.1 Å². The second-order valence-corrected chi connectivity index (χ2v) is 7.34. The molecule has 2 aromatic heterocycles. The molecule has 1 aliphatic heterocycles. The molecule has 0 atom stereocenters. The fraction of sp³-hybridized carbons (Fsp3) is 0.500. The Labute approximate surface area is 137 Å². The number of thiophene rings is 1. The lowest BCUT2D eigenvalue weighted by atomic mass is 9.96. The van der Waals surface area contributed by atoms with Crippen LogP contribution in [0.5, 0.6) is 0 Å². The van der Waals surface area contributed by atoms with Crippen molar-refractivity contribution < 1.29 is 5.11 Å². The minimum absolute atomic E-state index is 0.0184. The van der Waals surface area contributed by atoms with Gasteiger partial charge in [0.05, 0.1) is 21.9 Å². The van der Waals surface area contributed by atoms with Crippen LogP contribution < -0.4 is 5.56 Å². The summed E-state index contributed by atoms with van der Waals surface area (Å²) in [6.07, 6.45) is 5.65. The van der Waals surface area contributed by atoms with Crippen molar-refractivity contribution in [2.24, 2.45) is 0 Å². The summed E-state index contributed by atoms with van der Waals surface area (Å²) in [5, 5.41) is 10.8. The number of hydrogen-bond donors (Lipinski definition) is 1. The molecule has 0 saturated heterocycles. The van der Waals surface area contributed by atoms with Crippen LogP contribution in [0, 0.1) is 0 Å². The predicted octanol–water partition coefficient (Wildman–Crippen LogP) is 3.07. The SMILES string of the molecule is O=c1c2c3c(sc2nc2n1CCCCC2)C(Cl)=C(CO)CC3. The molecule has 2 aromatic rings. The van der Waals surface area contributed by atoms with Gasteiger partial charge in [0.2, 0.25) is 0 Å². The fourth-order valence-corrected chi connectivity index (χ4v) is 5.04. The van der Waals surface area contributed by atoms with E-state index >= 15 is 0 Å². The molecule has 0 spiro atoms. The van der Waals surface area contributed by atoms with Crippen molar-refractivity contribution in [3.05, 3.63) is 32.2 Å². The van der Waals surface area contributed by atoms with Crippen molar-refractivity contribution in [1.82, 2.24) is 9.55 Å². The monoisotopic (exact) mass is 336 g/mol. The van der Waals surface area contributed by atoms with Crippen LogP contribution in [0.2, 0.25) is 0 Å². The second-order valence-electron chi connectivity index (χ2n) is 5.96. The summed E-state index contributed by atoms with van der Waals surface area (Å²) in [6, 6.07) is 0. The first kappa shape index (κ1) is 14.4. The number of aromatic nitrogens is 2. The number of aliphatic hydroxyl groups is 1. The molecule has 4 rings (SSSR count). The number of aliphatic hydroxyl groups excluding tert-OH is 1. The van der Waals surface area contributed by atoms with E-state index < -0.39 is 0 Å². The molecule has 3 heterocycles. The van der Waals surface area contributed by atoms with Crippen LogP contribution in [-0.4, -0.2) is 21.3 Å². The standard InChI is InChI=1S/C16H17ClN2O2S/c17-13-9(8-20)5-6-10-12-15(22-14(10)13)18-11-4-2-1-3-7-19(11)16(12)21/h20H,1-8H2. The molecule has 1 aliphatic carbocycles. The zero-order valence-corrected chi connectivity index (χ0v) is 13.8. The Kier molecular flexibility index (Phi) is 3.59. The van der Waals surface area contributed by atoms with Crippen LogP contribution in [0.15, 0.2) is 10.4 Å². The Balaban J connectivity index is 2.00. The number of halogens is 1. The van der Waals surface area contributed by atoms with Crippen molar-refractivity contribution in [2.45, 2.75) is 45.1 Å². The van der Waals surface area contributed by atoms with Crippen LogP contribution >= 0.6 is 22.9 Å². The van der Waals surface area contributed by atoms with E-state index in [1.54, 1.807) is 0 Å². The maximum Gasteiger partial charge on any atom is 0.262 e. The number of nitrogens with zero attached hydrogens (tertiary/aromatic N) is 2. The van der Waals surface area contributed by atoms with Gasteiger partial charge in [0, 0.05) is 13.0 Å². The Bertz CT molecular complexity index is 850. The highest BCUT2D eigenvalue weighted by Gasteiger charge is 2.26. The summed E-state index contributed by atoms with van der Waals surface area (Å²) < 4.78 is 1.86. The number of rotatable bonds is 1. The second kappa shape index (κ2) is 5.48. The van der Waals surface area contributed by atoms with Gasteiger partial charge < -0.3 is 5.11 Å². The Morgan fingerprint density at radius 3 is 2.91 bits per heavy atom. The molecule has 0 saturated carbocycles. The van der Waals surface area contributed by atoms with Gasteiger partial charge >= 0.3 is 0 Å². The van der Waals surface area contributed by atoms with E-state index in [-0.39, 0.29) is 12.2 Å². The lowest BCUT2D eigenvalue weighted by Crippen LogP contribution is -2.24. The van der Waals surface area contributed by atoms with Crippen LogP contribution in [0.4, 0.5) is 0 Å². The van der Waals surface area contributed by atoms with Crippen molar-refractivity contribution in [2.75, 3.05) is 6.61 Å². The predicted molar refractivity (Wildman–Crippen MR) is 89.6 cm³/mol. The Morgan fingerprint density at radius 2 is 2.09 bits per heavy atom. The highest BCUT2D eigenvalue weighted by atomic mass is 35.5. The molecular weight excluding hydrogens is 320 g/mol. The van der Waals surface area contributed by atoms with E-state index in [0.717, 1.165) is 77.1 Å². The summed E-state index contributed by atoms with van der Waals surface area (Å²) in [5.74, 6) is 0.913. The molecule has 0 bridgehead atoms. The summed E-state index contributed by atoms with van der Waals surface area (Å²) in [6.45, 7) is 0.753. The lowest BCUT2D eigenvalue weighted by molar-refractivity contribution is 0.327. The van der Waals surface area contributed by atoms with Gasteiger partial charge in [-0.1, -0.05) is 18.0 Å². The molecule has 1 N–H and O–H groups in total. The number of hydrogen-bond acceptors (Lipinski definition) is 4. The molecule has 0 aromatic carbocycles. The van der Waals surface area contributed by atoms with Crippen molar-refractivity contribution in [1.29, 1.82) is 0 Å². The quantitative estimate of drug-likeness (QED) is 0.870. The summed E-state index contributed by atoms with van der Waals surface area (Å²) in [4.78, 5) is 19.4. The van der Waals surface area contributed by atoms with E-state index in [0.29, 0.717) is 5.03 Å². The zero-order chi connectivity index (χ0) is 15.3. The van der Waals surface area contributed by atoms with E-state index in [2.05, 4.69) is 0 Å². The van der Waals surface area contributed by atoms with Gasteiger partial charge in [-0.15, -0.1) is 11.3 Å². The first-order chi connectivity index (χ1) is 10.7. The highest BCUT2D eigenvalue weighted by Crippen LogP contribution is 2.42. The first-order valence-electron chi connectivity index (χ1n) is 7.74. The Morgan fingerprint density at radius 1 is 1.23 bits per heavy atom. The smallest absolute Gasteiger partial charge is 0.262 e. The molecular formula is C16H17ClN2O2S. The third-order valence-corrected chi connectivity index (χ3v) is 6.36. The fourth-order valence-electron chi connectivity index (χ4n) is 3.44. The molecule has 0 radical (unpaired) electrons. The molecule has 0 unspecified atom stereocenters. The lowest BCUT2D eigenvalue weighted by Gasteiger charge is -2.15. The van der Waals surface area contributed by atoms with Crippen molar-refractivity contribution >= 4 is 38.2 Å². The van der Waals surface area contributed by atoms with Gasteiger partial charge in [-0.25, -0.2) is 4.98 Å². The molecule has 0 amide bonds. The van der Waals surface area contributed by atoms with Gasteiger partial charge in [0.1, 0.15) is 10.7 Å². The zero-order valence-electron chi connectivity index (χ0n) is 12.2. The average Bonchev–Trinajstić information content (AvgIpc) is 2.72. The summed E-state index contributed by atoms with van der Waals surface area (Å²) >= 11 is 7.91. The average molecular weight is 337 g/mol. The van der Waals surface area contributed by atoms with Gasteiger partial charge in [-0.3, -0.25) is 9.36 Å². The normalized spacial score (nSPS) is 18.3. The van der Waals surface area contributed by atoms with Gasteiger partial charge in [-0.2, -0.15) is 0 Å². The van der Waals surface area contributed by atoms with Gasteiger partial charge in [-0.05, 0) is 36.8 Å². The maximum absolute atomic E-state index is 12.9. The van der Waals surface area contributed by atoms with E-state index in [9.17, 15) is 9.90 Å². The van der Waals surface area contributed by atoms with Crippen LogP contribution in [0.3, 0.4) is 0 Å². The third kappa shape index (κ3) is 2.07. The number of aryl methyl sites for hydroxylation is 2. The number of fused-ring (bicyclic) bond motifs is 4. The van der Waals surface area contributed by atoms with Crippen LogP contribution in [-0.2, 0) is 19.4 Å². The van der Waals surface area contributed by atoms with E-state index in [1.165, 1.54) is 11.3 Å². The molecule has 0 fully saturated rings. The minimum Gasteiger partial charge on any atom is -0.392 e. The van der Waals surface area contributed by atoms with Gasteiger partial charge in [0.15, 0.2) is 0 Å². The summed E-state index contributed by atoms with van der Waals surface area (Å²) in [5.41, 5.74) is 1.98. The molecule has 22 heavy (non-hydrogen) atoms. The molecule has 6 heteroatoms. The van der Waals surface area contributed by atoms with Gasteiger partial charge in [0.25, 0.3) is 5.56 Å². The van der Waals surface area contributed by atoms with Crippen molar-refractivity contribution in [3.8, 4) is 0 Å². The van der Waals surface area contributed by atoms with Crippen LogP contribution in [0.1, 0.15) is 41.9 Å². The Hall–Kier alpha value is -1.17. The first-order valence-corrected chi connectivity index (χ1v) is 8.94.